The number of nitrogens with zero attached hydrogens (tertiary/aromatic N) is 1. The fourth-order valence-electron chi connectivity index (χ4n) is 2.82. The molecule has 8 heteroatoms. The number of hydrogen-bond acceptors (Lipinski definition) is 5. The Kier molecular flexibility index (Phi) is 5.03. The average Bonchev–Trinajstić information content (AvgIpc) is 3.12. The smallest absolute Gasteiger partial charge is 0.274 e. The first-order chi connectivity index (χ1) is 12.0. The van der Waals surface area contributed by atoms with E-state index >= 15 is 0 Å². The number of benzene rings is 2. The van der Waals surface area contributed by atoms with E-state index in [-0.39, 0.29) is 6.04 Å². The van der Waals surface area contributed by atoms with E-state index in [0.29, 0.717) is 30.0 Å². The van der Waals surface area contributed by atoms with Gasteiger partial charge in [0.1, 0.15) is 0 Å². The van der Waals surface area contributed by atoms with Crippen molar-refractivity contribution in [2.75, 3.05) is 18.4 Å². The number of sulfonamides is 1. The van der Waals surface area contributed by atoms with E-state index in [4.69, 9.17) is 5.21 Å². The maximum atomic E-state index is 12.6. The van der Waals surface area contributed by atoms with Gasteiger partial charge in [0.15, 0.2) is 0 Å². The van der Waals surface area contributed by atoms with Gasteiger partial charge < -0.3 is 5.32 Å². The van der Waals surface area contributed by atoms with Gasteiger partial charge in [0.25, 0.3) is 5.91 Å². The molecule has 25 heavy (non-hydrogen) atoms. The molecule has 1 fully saturated rings. The van der Waals surface area contributed by atoms with Crippen LogP contribution in [0.2, 0.25) is 0 Å². The molecule has 2 aromatic rings. The average molecular weight is 361 g/mol. The van der Waals surface area contributed by atoms with Gasteiger partial charge in [-0.25, -0.2) is 13.9 Å². The van der Waals surface area contributed by atoms with Crippen LogP contribution in [0, 0.1) is 0 Å². The molecule has 2 aromatic carbocycles. The maximum absolute atomic E-state index is 12.6. The van der Waals surface area contributed by atoms with Gasteiger partial charge in [-0.2, -0.15) is 4.31 Å². The van der Waals surface area contributed by atoms with Crippen molar-refractivity contribution in [3.8, 4) is 0 Å². The first-order valence-electron chi connectivity index (χ1n) is 7.87. The lowest BCUT2D eigenvalue weighted by Crippen LogP contribution is -2.31. The standard InChI is InChI=1S/C17H19N3O4S/c21-17(19-22)13-6-8-14(9-7-13)18-15-10-11-20(12-15)25(23,24)16-4-2-1-3-5-16/h1-9,15,18,22H,10-12H2,(H,19,21). The molecule has 0 bridgehead atoms. The Balaban J connectivity index is 1.64. The number of carbonyl (C=O) groups is 1. The molecule has 0 aromatic heterocycles. The number of rotatable bonds is 5. The molecule has 3 N–H and O–H groups in total. The summed E-state index contributed by atoms with van der Waals surface area (Å²) in [4.78, 5) is 11.6. The minimum absolute atomic E-state index is 0.00370. The summed E-state index contributed by atoms with van der Waals surface area (Å²) in [5.41, 5.74) is 2.71. The van der Waals surface area contributed by atoms with Crippen LogP contribution in [0.15, 0.2) is 59.5 Å². The van der Waals surface area contributed by atoms with Crippen molar-refractivity contribution >= 4 is 21.6 Å². The van der Waals surface area contributed by atoms with Gasteiger partial charge in [0.2, 0.25) is 10.0 Å². The third-order valence-electron chi connectivity index (χ3n) is 4.15. The SMILES string of the molecule is O=C(NO)c1ccc(NC2CCN(S(=O)(=O)c3ccccc3)C2)cc1. The van der Waals surface area contributed by atoms with Crippen molar-refractivity contribution in [2.24, 2.45) is 0 Å². The molecule has 0 spiro atoms. The lowest BCUT2D eigenvalue weighted by atomic mass is 10.2. The van der Waals surface area contributed by atoms with E-state index in [9.17, 15) is 13.2 Å². The highest BCUT2D eigenvalue weighted by Gasteiger charge is 2.32. The van der Waals surface area contributed by atoms with Crippen LogP contribution in [0.5, 0.6) is 0 Å². The second-order valence-corrected chi connectivity index (χ2v) is 7.76. The molecular weight excluding hydrogens is 342 g/mol. The van der Waals surface area contributed by atoms with Gasteiger partial charge in [-0.3, -0.25) is 10.0 Å². The Labute approximate surface area is 146 Å². The summed E-state index contributed by atoms with van der Waals surface area (Å²) in [6.07, 6.45) is 0.699. The van der Waals surface area contributed by atoms with Gasteiger partial charge in [-0.15, -0.1) is 0 Å². The van der Waals surface area contributed by atoms with Gasteiger partial charge >= 0.3 is 0 Å². The lowest BCUT2D eigenvalue weighted by molar-refractivity contribution is 0.0706. The number of hydrogen-bond donors (Lipinski definition) is 3. The molecule has 3 rings (SSSR count). The summed E-state index contributed by atoms with van der Waals surface area (Å²) in [6.45, 7) is 0.843. The van der Waals surface area contributed by atoms with Gasteiger partial charge in [0, 0.05) is 30.4 Å². The van der Waals surface area contributed by atoms with Crippen molar-refractivity contribution < 1.29 is 18.4 Å². The Hall–Kier alpha value is -2.42. The van der Waals surface area contributed by atoms with Crippen molar-refractivity contribution in [3.63, 3.8) is 0 Å². The second-order valence-electron chi connectivity index (χ2n) is 5.82. The van der Waals surface area contributed by atoms with E-state index in [0.717, 1.165) is 5.69 Å². The van der Waals surface area contributed by atoms with Crippen molar-refractivity contribution in [1.29, 1.82) is 0 Å². The molecule has 7 nitrogen and oxygen atoms in total. The summed E-state index contributed by atoms with van der Waals surface area (Å²) in [5.74, 6) is -0.576. The molecule has 1 saturated heterocycles. The third-order valence-corrected chi connectivity index (χ3v) is 6.03. The van der Waals surface area contributed by atoms with Gasteiger partial charge in [-0.1, -0.05) is 18.2 Å². The van der Waals surface area contributed by atoms with Crippen molar-refractivity contribution in [2.45, 2.75) is 17.4 Å². The summed E-state index contributed by atoms with van der Waals surface area (Å²) >= 11 is 0. The van der Waals surface area contributed by atoms with Crippen molar-refractivity contribution in [1.82, 2.24) is 9.79 Å². The number of anilines is 1. The van der Waals surface area contributed by atoms with E-state index in [1.54, 1.807) is 60.1 Å². The minimum atomic E-state index is -3.47. The third kappa shape index (κ3) is 3.81. The van der Waals surface area contributed by atoms with Crippen LogP contribution < -0.4 is 10.8 Å². The molecule has 132 valence electrons. The first-order valence-corrected chi connectivity index (χ1v) is 9.31. The molecule has 1 amide bonds. The van der Waals surface area contributed by atoms with Crippen molar-refractivity contribution in [3.05, 3.63) is 60.2 Å². The summed E-state index contributed by atoms with van der Waals surface area (Å²) in [5, 5.41) is 11.9. The molecule has 1 aliphatic heterocycles. The lowest BCUT2D eigenvalue weighted by Gasteiger charge is -2.18. The van der Waals surface area contributed by atoms with Crippen LogP contribution in [0.3, 0.4) is 0 Å². The number of hydroxylamine groups is 1. The molecule has 0 radical (unpaired) electrons. The fraction of sp³-hybridized carbons (Fsp3) is 0.235. The van der Waals surface area contributed by atoms with Gasteiger partial charge in [0.05, 0.1) is 4.90 Å². The van der Waals surface area contributed by atoms with Crippen LogP contribution >= 0.6 is 0 Å². The normalized spacial score (nSPS) is 18.0. The van der Waals surface area contributed by atoms with E-state index in [1.807, 2.05) is 0 Å². The number of carbonyl (C=O) groups excluding carboxylic acids is 1. The highest BCUT2D eigenvalue weighted by atomic mass is 32.2. The fourth-order valence-corrected chi connectivity index (χ4v) is 4.35. The van der Waals surface area contributed by atoms with Crippen LogP contribution in [0.4, 0.5) is 5.69 Å². The molecule has 1 atom stereocenters. The zero-order chi connectivity index (χ0) is 17.9. The van der Waals surface area contributed by atoms with Crippen LogP contribution in [-0.4, -0.2) is 43.0 Å². The Morgan fingerprint density at radius 3 is 2.40 bits per heavy atom. The largest absolute Gasteiger partial charge is 0.381 e. The molecular formula is C17H19N3O4S. The number of amides is 1. The molecule has 0 aliphatic carbocycles. The molecule has 1 unspecified atom stereocenters. The predicted octanol–water partition coefficient (Wildman–Crippen LogP) is 1.68. The second kappa shape index (κ2) is 7.22. The first kappa shape index (κ1) is 17.4. The Morgan fingerprint density at radius 1 is 1.08 bits per heavy atom. The maximum Gasteiger partial charge on any atom is 0.274 e. The zero-order valence-electron chi connectivity index (χ0n) is 13.4. The Morgan fingerprint density at radius 2 is 1.76 bits per heavy atom. The zero-order valence-corrected chi connectivity index (χ0v) is 14.2. The molecule has 1 aliphatic rings. The van der Waals surface area contributed by atoms with E-state index in [1.165, 1.54) is 4.31 Å². The number of nitrogens with one attached hydrogen (secondary N) is 2. The van der Waals surface area contributed by atoms with E-state index < -0.39 is 15.9 Å². The molecule has 1 heterocycles. The predicted molar refractivity (Wildman–Crippen MR) is 92.9 cm³/mol. The summed E-state index contributed by atoms with van der Waals surface area (Å²) in [6, 6.07) is 15.0. The molecule has 0 saturated carbocycles. The van der Waals surface area contributed by atoms with E-state index in [2.05, 4.69) is 5.32 Å². The van der Waals surface area contributed by atoms with Gasteiger partial charge in [-0.05, 0) is 42.8 Å². The minimum Gasteiger partial charge on any atom is -0.381 e. The van der Waals surface area contributed by atoms with Crippen LogP contribution in [0.1, 0.15) is 16.8 Å². The Bertz CT molecular complexity index is 838. The summed E-state index contributed by atoms with van der Waals surface area (Å²) in [7, 11) is -3.47. The monoisotopic (exact) mass is 361 g/mol. The van der Waals surface area contributed by atoms with Crippen LogP contribution in [0.25, 0.3) is 0 Å². The quantitative estimate of drug-likeness (QED) is 0.556. The topological polar surface area (TPSA) is 98.7 Å². The highest BCUT2D eigenvalue weighted by molar-refractivity contribution is 7.89. The van der Waals surface area contributed by atoms with Crippen LogP contribution in [-0.2, 0) is 10.0 Å². The summed E-state index contributed by atoms with van der Waals surface area (Å²) < 4.78 is 26.7. The highest BCUT2D eigenvalue weighted by Crippen LogP contribution is 2.23.